The molecule has 2 atom stereocenters. The van der Waals surface area contributed by atoms with Crippen molar-refractivity contribution < 1.29 is 37.2 Å². The molecule has 0 aromatic heterocycles. The van der Waals surface area contributed by atoms with Crippen molar-refractivity contribution in [2.24, 2.45) is 0 Å². The number of ether oxygens (including phenoxy) is 1. The van der Waals surface area contributed by atoms with E-state index in [1.54, 1.807) is 26.8 Å². The van der Waals surface area contributed by atoms with Crippen LogP contribution in [-0.4, -0.2) is 53.6 Å². The largest absolute Gasteiger partial charge is 0.444 e. The van der Waals surface area contributed by atoms with Crippen LogP contribution in [0.25, 0.3) is 0 Å². The number of amides is 3. The summed E-state index contributed by atoms with van der Waals surface area (Å²) in [5.41, 5.74) is -2.25. The molecule has 2 aromatic rings. The lowest BCUT2D eigenvalue weighted by Crippen LogP contribution is -2.43. The van der Waals surface area contributed by atoms with E-state index in [0.717, 1.165) is 6.07 Å². The van der Waals surface area contributed by atoms with Gasteiger partial charge in [-0.3, -0.25) is 25.0 Å². The monoisotopic (exact) mass is 599 g/mol. The number of halogens is 4. The molecule has 2 unspecified atom stereocenters. The van der Waals surface area contributed by atoms with Gasteiger partial charge in [0.2, 0.25) is 5.91 Å². The smallest absolute Gasteiger partial charge is 0.416 e. The van der Waals surface area contributed by atoms with Crippen LogP contribution >= 0.6 is 11.6 Å². The third kappa shape index (κ3) is 9.32. The van der Waals surface area contributed by atoms with E-state index in [1.807, 2.05) is 0 Å². The van der Waals surface area contributed by atoms with Gasteiger partial charge in [0.25, 0.3) is 11.6 Å². The summed E-state index contributed by atoms with van der Waals surface area (Å²) in [6.45, 7) is 4.65. The molecule has 222 valence electrons. The molecule has 3 rings (SSSR count). The number of nitrogens with one attached hydrogen (secondary N) is 4. The summed E-state index contributed by atoms with van der Waals surface area (Å²) in [6, 6.07) is 6.33. The summed E-state index contributed by atoms with van der Waals surface area (Å²) in [5, 5.41) is 21.6. The Labute approximate surface area is 238 Å². The molecular weight excluding hydrogens is 571 g/mol. The zero-order chi connectivity index (χ0) is 30.5. The highest BCUT2D eigenvalue weighted by Gasteiger charge is 2.32. The Bertz CT molecular complexity index is 1330. The third-order valence-electron chi connectivity index (χ3n) is 5.91. The van der Waals surface area contributed by atoms with E-state index < -0.39 is 52.3 Å². The summed E-state index contributed by atoms with van der Waals surface area (Å²) in [6.07, 6.45) is -4.78. The summed E-state index contributed by atoms with van der Waals surface area (Å²) in [5.74, 6) is -1.59. The molecule has 15 heteroatoms. The molecule has 0 aliphatic carbocycles. The Hall–Kier alpha value is -3.91. The van der Waals surface area contributed by atoms with Gasteiger partial charge in [0.1, 0.15) is 10.6 Å². The first-order valence-corrected chi connectivity index (χ1v) is 12.8. The van der Waals surface area contributed by atoms with E-state index in [2.05, 4.69) is 21.3 Å². The molecule has 2 aromatic carbocycles. The molecule has 4 N–H and O–H groups in total. The number of nitro benzene ring substituents is 1. The number of nitro groups is 1. The summed E-state index contributed by atoms with van der Waals surface area (Å²) in [4.78, 5) is 48.0. The molecule has 0 saturated carbocycles. The molecule has 1 aliphatic rings. The average molecular weight is 600 g/mol. The van der Waals surface area contributed by atoms with Crippen LogP contribution in [0, 0.1) is 10.1 Å². The lowest BCUT2D eigenvalue weighted by Gasteiger charge is -2.21. The fraction of sp³-hybridized carbons (Fsp3) is 0.423. The molecule has 1 saturated heterocycles. The van der Waals surface area contributed by atoms with Crippen LogP contribution in [0.5, 0.6) is 0 Å². The minimum Gasteiger partial charge on any atom is -0.444 e. The maximum atomic E-state index is 13.3. The SMILES string of the molecule is CC(C)(C)OC(=O)Nc1ccc(C(F)(F)F)cc1C(=O)NCC(=O)NC1CNC(Cc2ccc(Cl)c([N+](=O)[O-])c2)C1. The molecule has 0 radical (unpaired) electrons. The van der Waals surface area contributed by atoms with Gasteiger partial charge >= 0.3 is 12.3 Å². The minimum absolute atomic E-state index is 0.0307. The normalized spacial score (nSPS) is 17.0. The molecule has 1 fully saturated rings. The number of rotatable bonds is 8. The quantitative estimate of drug-likeness (QED) is 0.259. The molecule has 11 nitrogen and oxygen atoms in total. The molecule has 1 heterocycles. The number of carbonyl (C=O) groups is 3. The second-order valence-electron chi connectivity index (χ2n) is 10.4. The average Bonchev–Trinajstić information content (AvgIpc) is 3.28. The Balaban J connectivity index is 1.59. The second kappa shape index (κ2) is 12.7. The van der Waals surface area contributed by atoms with Crippen molar-refractivity contribution in [3.8, 4) is 0 Å². The topological polar surface area (TPSA) is 152 Å². The highest BCUT2D eigenvalue weighted by molar-refractivity contribution is 6.32. The van der Waals surface area contributed by atoms with Crippen molar-refractivity contribution in [1.82, 2.24) is 16.0 Å². The molecular formula is C26H29ClF3N5O6. The van der Waals surface area contributed by atoms with E-state index in [9.17, 15) is 37.7 Å². The highest BCUT2D eigenvalue weighted by Crippen LogP contribution is 2.32. The Kier molecular flexibility index (Phi) is 9.81. The Morgan fingerprint density at radius 2 is 1.85 bits per heavy atom. The van der Waals surface area contributed by atoms with E-state index in [0.29, 0.717) is 37.1 Å². The number of anilines is 1. The zero-order valence-corrected chi connectivity index (χ0v) is 23.1. The number of nitrogens with zero attached hydrogens (tertiary/aromatic N) is 1. The lowest BCUT2D eigenvalue weighted by atomic mass is 10.0. The highest BCUT2D eigenvalue weighted by atomic mass is 35.5. The second-order valence-corrected chi connectivity index (χ2v) is 10.8. The van der Waals surface area contributed by atoms with Crippen molar-refractivity contribution in [3.63, 3.8) is 0 Å². The summed E-state index contributed by atoms with van der Waals surface area (Å²) in [7, 11) is 0. The van der Waals surface area contributed by atoms with Crippen LogP contribution in [0.3, 0.4) is 0 Å². The predicted octanol–water partition coefficient (Wildman–Crippen LogP) is 4.43. The number of hydrogen-bond donors (Lipinski definition) is 4. The molecule has 41 heavy (non-hydrogen) atoms. The van der Waals surface area contributed by atoms with Crippen molar-refractivity contribution in [1.29, 1.82) is 0 Å². The van der Waals surface area contributed by atoms with Crippen LogP contribution in [-0.2, 0) is 22.1 Å². The molecule has 1 aliphatic heterocycles. The summed E-state index contributed by atoms with van der Waals surface area (Å²) >= 11 is 5.85. The van der Waals surface area contributed by atoms with Crippen molar-refractivity contribution >= 4 is 40.9 Å². The molecule has 3 amide bonds. The molecule has 0 bridgehead atoms. The maximum Gasteiger partial charge on any atom is 0.416 e. The maximum absolute atomic E-state index is 13.3. The number of carbonyl (C=O) groups excluding carboxylic acids is 3. The van der Waals surface area contributed by atoms with Crippen molar-refractivity contribution in [3.05, 3.63) is 68.2 Å². The molecule has 0 spiro atoms. The van der Waals surface area contributed by atoms with E-state index in [-0.39, 0.29) is 28.5 Å². The Morgan fingerprint density at radius 3 is 2.49 bits per heavy atom. The van der Waals surface area contributed by atoms with Gasteiger partial charge < -0.3 is 20.7 Å². The van der Waals surface area contributed by atoms with Gasteiger partial charge in [0.05, 0.1) is 28.3 Å². The van der Waals surface area contributed by atoms with Gasteiger partial charge in [-0.05, 0) is 63.4 Å². The van der Waals surface area contributed by atoms with Crippen LogP contribution in [0.15, 0.2) is 36.4 Å². The fourth-order valence-corrected chi connectivity index (χ4v) is 4.35. The van der Waals surface area contributed by atoms with Crippen LogP contribution in [0.4, 0.5) is 29.3 Å². The van der Waals surface area contributed by atoms with Gasteiger partial charge in [0.15, 0.2) is 0 Å². The lowest BCUT2D eigenvalue weighted by molar-refractivity contribution is -0.384. The number of benzene rings is 2. The van der Waals surface area contributed by atoms with E-state index >= 15 is 0 Å². The first kappa shape index (κ1) is 31.6. The zero-order valence-electron chi connectivity index (χ0n) is 22.4. The van der Waals surface area contributed by atoms with Gasteiger partial charge in [-0.1, -0.05) is 17.7 Å². The van der Waals surface area contributed by atoms with E-state index in [1.165, 1.54) is 12.1 Å². The van der Waals surface area contributed by atoms with Gasteiger partial charge in [-0.2, -0.15) is 13.2 Å². The van der Waals surface area contributed by atoms with Crippen molar-refractivity contribution in [2.45, 2.75) is 57.5 Å². The van der Waals surface area contributed by atoms with Crippen LogP contribution in [0.1, 0.15) is 48.7 Å². The van der Waals surface area contributed by atoms with Crippen molar-refractivity contribution in [2.75, 3.05) is 18.4 Å². The third-order valence-corrected chi connectivity index (χ3v) is 6.23. The number of alkyl halides is 3. The van der Waals surface area contributed by atoms with Gasteiger partial charge in [-0.25, -0.2) is 4.79 Å². The minimum atomic E-state index is -4.75. The first-order valence-electron chi connectivity index (χ1n) is 12.5. The van der Waals surface area contributed by atoms with Gasteiger partial charge in [-0.15, -0.1) is 0 Å². The van der Waals surface area contributed by atoms with Gasteiger partial charge in [0, 0.05) is 24.7 Å². The standard InChI is InChI=1S/C26H29ClF3N5O6/c1-25(2,3)41-24(38)34-20-7-5-15(26(28,29)30)10-18(20)23(37)32-13-22(36)33-17-11-16(31-12-17)8-14-4-6-19(27)21(9-14)35(39)40/h4-7,9-10,16-17,31H,8,11-13H2,1-3H3,(H,32,37)(H,33,36)(H,34,38). The Morgan fingerprint density at radius 1 is 1.15 bits per heavy atom. The summed E-state index contributed by atoms with van der Waals surface area (Å²) < 4.78 is 44.9. The van der Waals surface area contributed by atoms with E-state index in [4.69, 9.17) is 16.3 Å². The van der Waals surface area contributed by atoms with Crippen LogP contribution < -0.4 is 21.3 Å². The fourth-order valence-electron chi connectivity index (χ4n) is 4.16. The predicted molar refractivity (Wildman–Crippen MR) is 144 cm³/mol. The van der Waals surface area contributed by atoms with Crippen LogP contribution in [0.2, 0.25) is 5.02 Å². The first-order chi connectivity index (χ1) is 19.0. The number of hydrogen-bond acceptors (Lipinski definition) is 7.